The van der Waals surface area contributed by atoms with Crippen LogP contribution in [-0.2, 0) is 17.8 Å². The van der Waals surface area contributed by atoms with Crippen molar-refractivity contribution >= 4 is 5.91 Å². The number of rotatable bonds is 6. The molecule has 2 heterocycles. The average Bonchev–Trinajstić information content (AvgIpc) is 2.96. The van der Waals surface area contributed by atoms with Gasteiger partial charge in [0.2, 0.25) is 5.91 Å². The lowest BCUT2D eigenvalue weighted by Gasteiger charge is -2.03. The molecule has 90 valence electrons. The summed E-state index contributed by atoms with van der Waals surface area (Å²) in [6.45, 7) is 0.802. The molecule has 0 unspecified atom stereocenters. The van der Waals surface area contributed by atoms with Crippen LogP contribution in [0.25, 0.3) is 0 Å². The Bertz CT molecular complexity index is 436. The van der Waals surface area contributed by atoms with Gasteiger partial charge in [0, 0.05) is 13.0 Å². The predicted octanol–water partition coefficient (Wildman–Crippen LogP) is -0.855. The van der Waals surface area contributed by atoms with E-state index in [-0.39, 0.29) is 12.5 Å². The van der Waals surface area contributed by atoms with Gasteiger partial charge in [0.1, 0.15) is 31.4 Å². The van der Waals surface area contributed by atoms with Crippen molar-refractivity contribution < 1.29 is 4.79 Å². The van der Waals surface area contributed by atoms with Gasteiger partial charge in [-0.2, -0.15) is 10.2 Å². The SMILES string of the molecule is O=C(Cn1cncn1)NCCCc1ncn[nH]1. The van der Waals surface area contributed by atoms with E-state index >= 15 is 0 Å². The highest BCUT2D eigenvalue weighted by Crippen LogP contribution is 1.91. The van der Waals surface area contributed by atoms with Crippen molar-refractivity contribution in [3.8, 4) is 0 Å². The molecule has 0 radical (unpaired) electrons. The number of nitrogens with zero attached hydrogens (tertiary/aromatic N) is 5. The first-order chi connectivity index (χ1) is 8.34. The monoisotopic (exact) mass is 235 g/mol. The molecule has 0 fully saturated rings. The smallest absolute Gasteiger partial charge is 0.241 e. The summed E-state index contributed by atoms with van der Waals surface area (Å²) in [7, 11) is 0. The summed E-state index contributed by atoms with van der Waals surface area (Å²) in [6.07, 6.45) is 5.96. The Morgan fingerprint density at radius 1 is 1.47 bits per heavy atom. The molecule has 0 atom stereocenters. The highest BCUT2D eigenvalue weighted by Gasteiger charge is 2.02. The zero-order valence-corrected chi connectivity index (χ0v) is 9.20. The van der Waals surface area contributed by atoms with Gasteiger partial charge >= 0.3 is 0 Å². The van der Waals surface area contributed by atoms with Crippen LogP contribution in [0.1, 0.15) is 12.2 Å². The molecule has 8 heteroatoms. The van der Waals surface area contributed by atoms with Gasteiger partial charge in [0.05, 0.1) is 0 Å². The number of aromatic amines is 1. The van der Waals surface area contributed by atoms with Crippen molar-refractivity contribution in [2.45, 2.75) is 19.4 Å². The number of carbonyl (C=O) groups excluding carboxylic acids is 1. The summed E-state index contributed by atoms with van der Waals surface area (Å²) in [5.74, 6) is 0.753. The molecule has 0 aliphatic carbocycles. The van der Waals surface area contributed by atoms with Crippen molar-refractivity contribution in [3.05, 3.63) is 24.8 Å². The predicted molar refractivity (Wildman–Crippen MR) is 57.7 cm³/mol. The average molecular weight is 235 g/mol. The van der Waals surface area contributed by atoms with Crippen LogP contribution in [0.4, 0.5) is 0 Å². The van der Waals surface area contributed by atoms with E-state index < -0.39 is 0 Å². The zero-order chi connectivity index (χ0) is 11.9. The van der Waals surface area contributed by atoms with Crippen molar-refractivity contribution in [2.75, 3.05) is 6.54 Å². The third-order valence-corrected chi connectivity index (χ3v) is 2.15. The molecule has 17 heavy (non-hydrogen) atoms. The summed E-state index contributed by atoms with van der Waals surface area (Å²) in [5, 5.41) is 13.1. The van der Waals surface area contributed by atoms with Gasteiger partial charge in [0.25, 0.3) is 0 Å². The summed E-state index contributed by atoms with van der Waals surface area (Å²) >= 11 is 0. The number of hydrogen-bond acceptors (Lipinski definition) is 5. The molecule has 0 spiro atoms. The topological polar surface area (TPSA) is 101 Å². The Morgan fingerprint density at radius 2 is 2.41 bits per heavy atom. The molecule has 8 nitrogen and oxygen atoms in total. The minimum absolute atomic E-state index is 0.0759. The van der Waals surface area contributed by atoms with Crippen LogP contribution in [0.3, 0.4) is 0 Å². The second-order valence-electron chi connectivity index (χ2n) is 3.48. The molecule has 0 aliphatic rings. The Labute approximate surface area is 97.5 Å². The quantitative estimate of drug-likeness (QED) is 0.635. The molecule has 0 saturated heterocycles. The number of aromatic nitrogens is 6. The van der Waals surface area contributed by atoms with E-state index in [2.05, 4.69) is 30.6 Å². The standard InChI is InChI=1S/C9H13N7O/c17-9(4-16-7-10-5-14-16)11-3-1-2-8-12-6-13-15-8/h5-7H,1-4H2,(H,11,17)(H,12,13,15). The third kappa shape index (κ3) is 3.67. The number of aryl methyl sites for hydroxylation is 1. The largest absolute Gasteiger partial charge is 0.354 e. The normalized spacial score (nSPS) is 10.4. The maximum absolute atomic E-state index is 11.4. The van der Waals surface area contributed by atoms with E-state index in [1.54, 1.807) is 0 Å². The first kappa shape index (κ1) is 11.2. The van der Waals surface area contributed by atoms with Crippen molar-refractivity contribution in [1.82, 2.24) is 35.3 Å². The van der Waals surface area contributed by atoms with Gasteiger partial charge in [-0.25, -0.2) is 14.6 Å². The molecule has 0 aliphatic heterocycles. The lowest BCUT2D eigenvalue weighted by molar-refractivity contribution is -0.121. The first-order valence-corrected chi connectivity index (χ1v) is 5.28. The lowest BCUT2D eigenvalue weighted by atomic mass is 10.3. The Morgan fingerprint density at radius 3 is 3.12 bits per heavy atom. The summed E-state index contributed by atoms with van der Waals surface area (Å²) < 4.78 is 1.48. The molecule has 2 aromatic heterocycles. The number of carbonyl (C=O) groups is 1. The molecule has 2 N–H and O–H groups in total. The summed E-state index contributed by atoms with van der Waals surface area (Å²) in [6, 6.07) is 0. The molecule has 2 aromatic rings. The van der Waals surface area contributed by atoms with E-state index in [0.29, 0.717) is 6.54 Å². The lowest BCUT2D eigenvalue weighted by Crippen LogP contribution is -2.28. The highest BCUT2D eigenvalue weighted by atomic mass is 16.2. The molecule has 0 bridgehead atoms. The Hall–Kier alpha value is -2.25. The minimum atomic E-state index is -0.0759. The fourth-order valence-corrected chi connectivity index (χ4v) is 1.35. The van der Waals surface area contributed by atoms with Crippen LogP contribution >= 0.6 is 0 Å². The van der Waals surface area contributed by atoms with Gasteiger partial charge in [-0.1, -0.05) is 0 Å². The third-order valence-electron chi connectivity index (χ3n) is 2.15. The summed E-state index contributed by atoms with van der Waals surface area (Å²) in [4.78, 5) is 19.2. The van der Waals surface area contributed by atoms with Crippen LogP contribution in [0.2, 0.25) is 0 Å². The maximum Gasteiger partial charge on any atom is 0.241 e. The van der Waals surface area contributed by atoms with Crippen LogP contribution in [0.15, 0.2) is 19.0 Å². The Balaban J connectivity index is 1.60. The first-order valence-electron chi connectivity index (χ1n) is 5.28. The number of hydrogen-bond donors (Lipinski definition) is 2. The molecule has 0 aromatic carbocycles. The number of nitrogens with one attached hydrogen (secondary N) is 2. The number of H-pyrrole nitrogens is 1. The summed E-state index contributed by atoms with van der Waals surface area (Å²) in [5.41, 5.74) is 0. The molecule has 0 saturated carbocycles. The Kier molecular flexibility index (Phi) is 3.79. The van der Waals surface area contributed by atoms with Crippen molar-refractivity contribution in [3.63, 3.8) is 0 Å². The second-order valence-corrected chi connectivity index (χ2v) is 3.48. The minimum Gasteiger partial charge on any atom is -0.354 e. The number of amides is 1. The molecule has 2 rings (SSSR count). The van der Waals surface area contributed by atoms with Crippen LogP contribution in [0, 0.1) is 0 Å². The zero-order valence-electron chi connectivity index (χ0n) is 9.20. The van der Waals surface area contributed by atoms with E-state index in [1.165, 1.54) is 23.7 Å². The maximum atomic E-state index is 11.4. The molecule has 1 amide bonds. The van der Waals surface area contributed by atoms with Crippen molar-refractivity contribution in [2.24, 2.45) is 0 Å². The van der Waals surface area contributed by atoms with E-state index in [9.17, 15) is 4.79 Å². The highest BCUT2D eigenvalue weighted by molar-refractivity contribution is 5.75. The van der Waals surface area contributed by atoms with Gasteiger partial charge in [0.15, 0.2) is 0 Å². The van der Waals surface area contributed by atoms with E-state index in [1.807, 2.05) is 0 Å². The fraction of sp³-hybridized carbons (Fsp3) is 0.444. The van der Waals surface area contributed by atoms with Crippen LogP contribution in [-0.4, -0.2) is 42.4 Å². The molecular weight excluding hydrogens is 222 g/mol. The molecular formula is C9H13N7O. The van der Waals surface area contributed by atoms with Crippen LogP contribution in [0.5, 0.6) is 0 Å². The van der Waals surface area contributed by atoms with Gasteiger partial charge in [-0.15, -0.1) is 0 Å². The second kappa shape index (κ2) is 5.73. The van der Waals surface area contributed by atoms with Crippen molar-refractivity contribution in [1.29, 1.82) is 0 Å². The van der Waals surface area contributed by atoms with Gasteiger partial charge in [-0.3, -0.25) is 9.89 Å². The van der Waals surface area contributed by atoms with Gasteiger partial charge in [-0.05, 0) is 6.42 Å². The van der Waals surface area contributed by atoms with Gasteiger partial charge < -0.3 is 5.32 Å². The fourth-order valence-electron chi connectivity index (χ4n) is 1.35. The van der Waals surface area contributed by atoms with E-state index in [4.69, 9.17) is 0 Å². The van der Waals surface area contributed by atoms with E-state index in [0.717, 1.165) is 18.7 Å². The van der Waals surface area contributed by atoms with Crippen LogP contribution < -0.4 is 5.32 Å².